The molecule has 0 saturated carbocycles. The predicted molar refractivity (Wildman–Crippen MR) is 138 cm³/mol. The highest BCUT2D eigenvalue weighted by Gasteiger charge is 2.36. The highest BCUT2D eigenvalue weighted by Crippen LogP contribution is 2.48. The number of aliphatic hydroxyl groups is 1. The van der Waals surface area contributed by atoms with Crippen molar-refractivity contribution in [2.45, 2.75) is 64.8 Å². The number of fused-ring (bicyclic) bond motifs is 3. The molecule has 35 heavy (non-hydrogen) atoms. The molecule has 0 bridgehead atoms. The lowest BCUT2D eigenvalue weighted by molar-refractivity contribution is 0.177. The summed E-state index contributed by atoms with van der Waals surface area (Å²) in [5, 5.41) is 15.5. The number of thiophene rings is 1. The molecule has 2 unspecified atom stereocenters. The van der Waals surface area contributed by atoms with Crippen LogP contribution in [0, 0.1) is 0 Å². The van der Waals surface area contributed by atoms with Gasteiger partial charge in [0.15, 0.2) is 11.9 Å². The van der Waals surface area contributed by atoms with E-state index in [9.17, 15) is 5.11 Å². The minimum atomic E-state index is -0.490. The standard InChI is InChI=1S/C27H28ClN3O3S/c1-4-22(32)24-12-21-27(35-24)17(5-7-29-21)18-11-16(28)9-15-10-23(33-25(15)18)26-19-13-31(14(2)3)8-6-20(19)30-34-26/h5,7,9,11-12,14,22-23,32H,4,6,8,10,13H2,1-3H3. The van der Waals surface area contributed by atoms with Crippen LogP contribution in [-0.2, 0) is 19.4 Å². The number of ether oxygens (including phenoxy) is 1. The van der Waals surface area contributed by atoms with E-state index in [0.717, 1.165) is 74.1 Å². The molecule has 0 saturated heterocycles. The monoisotopic (exact) mass is 509 g/mol. The molecule has 5 heterocycles. The molecule has 1 N–H and O–H groups in total. The number of rotatable bonds is 5. The van der Waals surface area contributed by atoms with Gasteiger partial charge in [0, 0.05) is 70.3 Å². The largest absolute Gasteiger partial charge is 0.481 e. The fourth-order valence-corrected chi connectivity index (χ4v) is 6.61. The number of hydrogen-bond donors (Lipinski definition) is 1. The Labute approximate surface area is 213 Å². The molecule has 1 aromatic carbocycles. The van der Waals surface area contributed by atoms with Gasteiger partial charge in [0.2, 0.25) is 0 Å². The van der Waals surface area contributed by atoms with Crippen LogP contribution in [0.5, 0.6) is 5.75 Å². The van der Waals surface area contributed by atoms with Crippen LogP contribution in [0.4, 0.5) is 0 Å². The number of nitrogens with zero attached hydrogens (tertiary/aromatic N) is 3. The first-order chi connectivity index (χ1) is 16.9. The van der Waals surface area contributed by atoms with Crippen LogP contribution in [0.15, 0.2) is 35.0 Å². The summed E-state index contributed by atoms with van der Waals surface area (Å²) in [5.74, 6) is 1.66. The molecule has 0 spiro atoms. The van der Waals surface area contributed by atoms with E-state index in [4.69, 9.17) is 20.9 Å². The summed E-state index contributed by atoms with van der Waals surface area (Å²) < 4.78 is 13.5. The van der Waals surface area contributed by atoms with E-state index in [1.165, 1.54) is 0 Å². The van der Waals surface area contributed by atoms with Gasteiger partial charge in [0.05, 0.1) is 22.0 Å². The van der Waals surface area contributed by atoms with Crippen molar-refractivity contribution in [1.82, 2.24) is 15.0 Å². The summed E-state index contributed by atoms with van der Waals surface area (Å²) >= 11 is 8.18. The van der Waals surface area contributed by atoms with Gasteiger partial charge in [-0.25, -0.2) is 0 Å². The number of hydrogen-bond acceptors (Lipinski definition) is 7. The van der Waals surface area contributed by atoms with Gasteiger partial charge in [0.1, 0.15) is 5.75 Å². The van der Waals surface area contributed by atoms with Crippen molar-refractivity contribution in [3.63, 3.8) is 0 Å². The Morgan fingerprint density at radius 1 is 1.26 bits per heavy atom. The highest BCUT2D eigenvalue weighted by molar-refractivity contribution is 7.19. The second-order valence-corrected chi connectivity index (χ2v) is 11.2. The first kappa shape index (κ1) is 23.0. The fourth-order valence-electron chi connectivity index (χ4n) is 5.15. The molecule has 2 aliphatic heterocycles. The van der Waals surface area contributed by atoms with E-state index in [0.29, 0.717) is 23.9 Å². The summed E-state index contributed by atoms with van der Waals surface area (Å²) in [6.45, 7) is 8.25. The molecule has 3 aromatic heterocycles. The number of aromatic nitrogens is 2. The van der Waals surface area contributed by atoms with Crippen LogP contribution in [0.25, 0.3) is 21.3 Å². The molecule has 2 atom stereocenters. The van der Waals surface area contributed by atoms with Gasteiger partial charge in [-0.15, -0.1) is 11.3 Å². The number of aliphatic hydroxyl groups excluding tert-OH is 1. The topological polar surface area (TPSA) is 71.6 Å². The van der Waals surface area contributed by atoms with Crippen LogP contribution in [-0.4, -0.2) is 32.7 Å². The van der Waals surface area contributed by atoms with Crippen molar-refractivity contribution >= 4 is 33.2 Å². The van der Waals surface area contributed by atoms with E-state index in [-0.39, 0.29) is 6.10 Å². The molecule has 0 amide bonds. The Bertz CT molecular complexity index is 1410. The lowest BCUT2D eigenvalue weighted by Gasteiger charge is -2.29. The molecular formula is C27H28ClN3O3S. The summed E-state index contributed by atoms with van der Waals surface area (Å²) in [7, 11) is 0. The van der Waals surface area contributed by atoms with Gasteiger partial charge in [-0.1, -0.05) is 23.7 Å². The highest BCUT2D eigenvalue weighted by atomic mass is 35.5. The Hall–Kier alpha value is -2.45. The summed E-state index contributed by atoms with van der Waals surface area (Å²) in [6, 6.07) is 8.40. The van der Waals surface area contributed by atoms with Crippen LogP contribution < -0.4 is 4.74 Å². The Morgan fingerprint density at radius 3 is 2.91 bits per heavy atom. The van der Waals surface area contributed by atoms with Gasteiger partial charge in [-0.05, 0) is 44.5 Å². The maximum Gasteiger partial charge on any atom is 0.182 e. The molecule has 2 aliphatic rings. The third kappa shape index (κ3) is 3.95. The van der Waals surface area contributed by atoms with Crippen molar-refractivity contribution in [2.24, 2.45) is 0 Å². The molecule has 4 aromatic rings. The zero-order valence-electron chi connectivity index (χ0n) is 20.0. The van der Waals surface area contributed by atoms with E-state index in [1.54, 1.807) is 17.5 Å². The smallest absolute Gasteiger partial charge is 0.182 e. The second-order valence-electron chi connectivity index (χ2n) is 9.68. The molecule has 0 radical (unpaired) electrons. The lowest BCUT2D eigenvalue weighted by atomic mass is 9.98. The number of benzene rings is 1. The fraction of sp³-hybridized carbons (Fsp3) is 0.407. The quantitative estimate of drug-likeness (QED) is 0.331. The average Bonchev–Trinajstić information content (AvgIpc) is 3.58. The average molecular weight is 510 g/mol. The normalized spacial score (nSPS) is 18.6. The molecule has 0 aliphatic carbocycles. The minimum absolute atomic E-state index is 0.233. The third-order valence-electron chi connectivity index (χ3n) is 7.15. The van der Waals surface area contributed by atoms with Gasteiger partial charge in [0.25, 0.3) is 0 Å². The third-order valence-corrected chi connectivity index (χ3v) is 8.63. The maximum absolute atomic E-state index is 10.4. The molecule has 0 fully saturated rings. The molecule has 6 nitrogen and oxygen atoms in total. The summed E-state index contributed by atoms with van der Waals surface area (Å²) in [4.78, 5) is 7.91. The molecule has 182 valence electrons. The maximum atomic E-state index is 10.4. The Balaban J connectivity index is 1.39. The number of halogens is 1. The van der Waals surface area contributed by atoms with Crippen molar-refractivity contribution in [3.8, 4) is 16.9 Å². The number of pyridine rings is 1. The molecular weight excluding hydrogens is 482 g/mol. The predicted octanol–water partition coefficient (Wildman–Crippen LogP) is 6.49. The SMILES string of the molecule is CCC(O)c1cc2nccc(-c3cc(Cl)cc4c3OC(c3onc5c3CN(C(C)C)CC5)C4)c2s1. The van der Waals surface area contributed by atoms with Gasteiger partial charge in [-0.2, -0.15) is 0 Å². The van der Waals surface area contributed by atoms with Crippen LogP contribution in [0.3, 0.4) is 0 Å². The molecule has 8 heteroatoms. The van der Waals surface area contributed by atoms with Crippen molar-refractivity contribution in [3.05, 3.63) is 62.9 Å². The van der Waals surface area contributed by atoms with E-state index >= 15 is 0 Å². The van der Waals surface area contributed by atoms with Gasteiger partial charge < -0.3 is 14.4 Å². The summed E-state index contributed by atoms with van der Waals surface area (Å²) in [5.41, 5.74) is 6.11. The van der Waals surface area contributed by atoms with Crippen molar-refractivity contribution in [2.75, 3.05) is 6.54 Å². The van der Waals surface area contributed by atoms with E-state index in [1.807, 2.05) is 31.2 Å². The lowest BCUT2D eigenvalue weighted by Crippen LogP contribution is -2.36. The Morgan fingerprint density at radius 2 is 2.11 bits per heavy atom. The minimum Gasteiger partial charge on any atom is -0.481 e. The van der Waals surface area contributed by atoms with Crippen LogP contribution >= 0.6 is 22.9 Å². The van der Waals surface area contributed by atoms with E-state index in [2.05, 4.69) is 28.9 Å². The van der Waals surface area contributed by atoms with Crippen molar-refractivity contribution in [1.29, 1.82) is 0 Å². The van der Waals surface area contributed by atoms with Crippen LogP contribution in [0.2, 0.25) is 5.02 Å². The Kier molecular flexibility index (Phi) is 5.84. The first-order valence-corrected chi connectivity index (χ1v) is 13.4. The zero-order chi connectivity index (χ0) is 24.3. The van der Waals surface area contributed by atoms with Crippen molar-refractivity contribution < 1.29 is 14.4 Å². The zero-order valence-corrected chi connectivity index (χ0v) is 21.6. The van der Waals surface area contributed by atoms with Crippen LogP contribution in [0.1, 0.15) is 66.9 Å². The second kappa shape index (κ2) is 8.89. The van der Waals surface area contributed by atoms with E-state index < -0.39 is 6.10 Å². The van der Waals surface area contributed by atoms with Gasteiger partial charge >= 0.3 is 0 Å². The van der Waals surface area contributed by atoms with Gasteiger partial charge in [-0.3, -0.25) is 9.88 Å². The first-order valence-electron chi connectivity index (χ1n) is 12.2. The molecule has 6 rings (SSSR count). The summed E-state index contributed by atoms with van der Waals surface area (Å²) in [6.07, 6.45) is 3.33.